The van der Waals surface area contributed by atoms with Crippen LogP contribution in [0.3, 0.4) is 0 Å². The first kappa shape index (κ1) is 8.89. The largest absolute Gasteiger partial charge is 0.328 e. The van der Waals surface area contributed by atoms with Crippen LogP contribution < -0.4 is 5.73 Å². The van der Waals surface area contributed by atoms with Gasteiger partial charge in [0.15, 0.2) is 0 Å². The van der Waals surface area contributed by atoms with E-state index in [4.69, 9.17) is 5.73 Å². The van der Waals surface area contributed by atoms with Crippen LogP contribution in [0.5, 0.6) is 0 Å². The number of nitrogens with two attached hydrogens (primary N) is 1. The molecule has 2 N–H and O–H groups in total. The third-order valence-corrected chi connectivity index (χ3v) is 1.09. The van der Waals surface area contributed by atoms with Gasteiger partial charge in [-0.3, -0.25) is 0 Å². The molecule has 0 aliphatic carbocycles. The molecule has 0 spiro atoms. The standard InChI is InChI=1S/C7H16FN/c1-7(2,3)4-6(8)5-9/h6H,4-5,9H2,1-3H3. The van der Waals surface area contributed by atoms with Crippen LogP contribution in [0.15, 0.2) is 0 Å². The minimum atomic E-state index is -0.829. The van der Waals surface area contributed by atoms with Crippen LogP contribution in [0.4, 0.5) is 4.39 Å². The highest BCUT2D eigenvalue weighted by molar-refractivity contribution is 4.68. The molecule has 56 valence electrons. The van der Waals surface area contributed by atoms with Crippen molar-refractivity contribution in [1.29, 1.82) is 0 Å². The van der Waals surface area contributed by atoms with Crippen molar-refractivity contribution >= 4 is 0 Å². The predicted molar refractivity (Wildman–Crippen MR) is 38.0 cm³/mol. The minimum absolute atomic E-state index is 0.0682. The molecule has 2 heteroatoms. The normalized spacial score (nSPS) is 15.7. The van der Waals surface area contributed by atoms with E-state index >= 15 is 0 Å². The van der Waals surface area contributed by atoms with Gasteiger partial charge in [0, 0.05) is 6.54 Å². The topological polar surface area (TPSA) is 26.0 Å². The molecular formula is C7H16FN. The van der Waals surface area contributed by atoms with Gasteiger partial charge in [-0.1, -0.05) is 20.8 Å². The molecule has 1 nitrogen and oxygen atoms in total. The second-order valence-electron chi connectivity index (χ2n) is 3.60. The maximum absolute atomic E-state index is 12.5. The lowest BCUT2D eigenvalue weighted by molar-refractivity contribution is 0.230. The molecule has 1 atom stereocenters. The van der Waals surface area contributed by atoms with E-state index in [-0.39, 0.29) is 12.0 Å². The Balaban J connectivity index is 3.47. The van der Waals surface area contributed by atoms with E-state index in [2.05, 4.69) is 0 Å². The molecule has 0 aliphatic rings. The monoisotopic (exact) mass is 133 g/mol. The number of hydrogen-bond acceptors (Lipinski definition) is 1. The summed E-state index contributed by atoms with van der Waals surface area (Å²) >= 11 is 0. The molecule has 0 fully saturated rings. The highest BCUT2D eigenvalue weighted by Gasteiger charge is 2.16. The number of halogens is 1. The Kier molecular flexibility index (Phi) is 3.12. The van der Waals surface area contributed by atoms with E-state index in [0.29, 0.717) is 6.42 Å². The van der Waals surface area contributed by atoms with Gasteiger partial charge in [-0.15, -0.1) is 0 Å². The summed E-state index contributed by atoms with van der Waals surface area (Å²) in [7, 11) is 0. The van der Waals surface area contributed by atoms with Gasteiger partial charge in [0.05, 0.1) is 0 Å². The third kappa shape index (κ3) is 5.77. The molecule has 0 aromatic heterocycles. The van der Waals surface area contributed by atoms with Gasteiger partial charge in [0.25, 0.3) is 0 Å². The van der Waals surface area contributed by atoms with E-state index in [1.54, 1.807) is 0 Å². The summed E-state index contributed by atoms with van der Waals surface area (Å²) in [5.41, 5.74) is 5.17. The van der Waals surface area contributed by atoms with Crippen LogP contribution in [0.2, 0.25) is 0 Å². The third-order valence-electron chi connectivity index (χ3n) is 1.09. The van der Waals surface area contributed by atoms with Crippen molar-refractivity contribution in [1.82, 2.24) is 0 Å². The summed E-state index contributed by atoms with van der Waals surface area (Å²) in [6.07, 6.45) is -0.270. The van der Waals surface area contributed by atoms with Crippen molar-refractivity contribution < 1.29 is 4.39 Å². The van der Waals surface area contributed by atoms with E-state index in [1.807, 2.05) is 20.8 Å². The van der Waals surface area contributed by atoms with Crippen molar-refractivity contribution in [2.45, 2.75) is 33.4 Å². The van der Waals surface area contributed by atoms with Crippen molar-refractivity contribution in [3.63, 3.8) is 0 Å². The van der Waals surface area contributed by atoms with Gasteiger partial charge in [-0.05, 0) is 11.8 Å². The fraction of sp³-hybridized carbons (Fsp3) is 1.00. The zero-order valence-electron chi connectivity index (χ0n) is 6.45. The molecule has 9 heavy (non-hydrogen) atoms. The average Bonchev–Trinajstić information content (AvgIpc) is 1.62. The Morgan fingerprint density at radius 2 is 1.89 bits per heavy atom. The number of alkyl halides is 1. The molecular weight excluding hydrogens is 117 g/mol. The molecule has 0 radical (unpaired) electrons. The van der Waals surface area contributed by atoms with Crippen molar-refractivity contribution in [3.8, 4) is 0 Å². The van der Waals surface area contributed by atoms with Gasteiger partial charge < -0.3 is 5.73 Å². The quantitative estimate of drug-likeness (QED) is 0.609. The molecule has 0 rings (SSSR count). The van der Waals surface area contributed by atoms with Crippen LogP contribution in [0.1, 0.15) is 27.2 Å². The Labute approximate surface area is 56.4 Å². The molecule has 0 saturated heterocycles. The first-order chi connectivity index (χ1) is 3.95. The van der Waals surface area contributed by atoms with Gasteiger partial charge in [0.2, 0.25) is 0 Å². The van der Waals surface area contributed by atoms with Crippen LogP contribution in [0.25, 0.3) is 0 Å². The van der Waals surface area contributed by atoms with Gasteiger partial charge in [0.1, 0.15) is 6.17 Å². The highest BCUT2D eigenvalue weighted by atomic mass is 19.1. The zero-order valence-corrected chi connectivity index (χ0v) is 6.45. The molecule has 0 heterocycles. The summed E-state index contributed by atoms with van der Waals surface area (Å²) in [4.78, 5) is 0. The Hall–Kier alpha value is -0.110. The second kappa shape index (κ2) is 3.16. The van der Waals surface area contributed by atoms with E-state index in [9.17, 15) is 4.39 Å². The van der Waals surface area contributed by atoms with E-state index in [0.717, 1.165) is 0 Å². The summed E-state index contributed by atoms with van der Waals surface area (Å²) in [6, 6.07) is 0. The summed E-state index contributed by atoms with van der Waals surface area (Å²) in [5, 5.41) is 0. The molecule has 0 aromatic carbocycles. The van der Waals surface area contributed by atoms with Crippen molar-refractivity contribution in [3.05, 3.63) is 0 Å². The second-order valence-corrected chi connectivity index (χ2v) is 3.60. The molecule has 0 amide bonds. The maximum Gasteiger partial charge on any atom is 0.113 e. The summed E-state index contributed by atoms with van der Waals surface area (Å²) in [6.45, 7) is 6.18. The molecule has 0 bridgehead atoms. The Bertz CT molecular complexity index is 75.5. The average molecular weight is 133 g/mol. The first-order valence-electron chi connectivity index (χ1n) is 3.30. The lowest BCUT2D eigenvalue weighted by Crippen LogP contribution is -2.21. The Morgan fingerprint density at radius 3 is 2.00 bits per heavy atom. The highest BCUT2D eigenvalue weighted by Crippen LogP contribution is 2.21. The molecule has 0 aromatic rings. The van der Waals surface area contributed by atoms with Gasteiger partial charge in [-0.2, -0.15) is 0 Å². The van der Waals surface area contributed by atoms with Crippen LogP contribution in [0, 0.1) is 5.41 Å². The van der Waals surface area contributed by atoms with Gasteiger partial charge in [-0.25, -0.2) is 4.39 Å². The Morgan fingerprint density at radius 1 is 1.44 bits per heavy atom. The summed E-state index contributed by atoms with van der Waals surface area (Å²) < 4.78 is 12.5. The van der Waals surface area contributed by atoms with E-state index in [1.165, 1.54) is 0 Å². The maximum atomic E-state index is 12.5. The fourth-order valence-corrected chi connectivity index (χ4v) is 0.748. The van der Waals surface area contributed by atoms with Crippen molar-refractivity contribution in [2.75, 3.05) is 6.54 Å². The number of hydrogen-bond donors (Lipinski definition) is 1. The van der Waals surface area contributed by atoms with Crippen LogP contribution >= 0.6 is 0 Å². The predicted octanol–water partition coefficient (Wildman–Crippen LogP) is 1.72. The SMILES string of the molecule is CC(C)(C)CC(F)CN. The van der Waals surface area contributed by atoms with E-state index < -0.39 is 6.17 Å². The molecule has 0 aliphatic heterocycles. The molecule has 0 saturated carbocycles. The van der Waals surface area contributed by atoms with Crippen LogP contribution in [-0.2, 0) is 0 Å². The zero-order chi connectivity index (χ0) is 7.49. The number of rotatable bonds is 2. The smallest absolute Gasteiger partial charge is 0.113 e. The fourth-order valence-electron chi connectivity index (χ4n) is 0.748. The van der Waals surface area contributed by atoms with Gasteiger partial charge >= 0.3 is 0 Å². The molecule has 1 unspecified atom stereocenters. The summed E-state index contributed by atoms with van der Waals surface area (Å²) in [5.74, 6) is 0. The first-order valence-corrected chi connectivity index (χ1v) is 3.30. The van der Waals surface area contributed by atoms with Crippen LogP contribution in [-0.4, -0.2) is 12.7 Å². The lowest BCUT2D eigenvalue weighted by atomic mass is 9.90. The minimum Gasteiger partial charge on any atom is -0.328 e. The lowest BCUT2D eigenvalue weighted by Gasteiger charge is -2.19. The van der Waals surface area contributed by atoms with Crippen molar-refractivity contribution in [2.24, 2.45) is 11.1 Å².